The van der Waals surface area contributed by atoms with Crippen LogP contribution >= 0.6 is 0 Å². The van der Waals surface area contributed by atoms with Gasteiger partial charge in [0.1, 0.15) is 5.60 Å². The Labute approximate surface area is 144 Å². The number of hydrogen-bond acceptors (Lipinski definition) is 5. The number of nitrogens with zero attached hydrogens (tertiary/aromatic N) is 1. The molecule has 1 aromatic rings. The number of nitrogens with one attached hydrogen (secondary N) is 1. The Hall–Kier alpha value is -0.990. The smallest absolute Gasteiger partial charge is 0.215 e. The van der Waals surface area contributed by atoms with E-state index in [1.165, 1.54) is 0 Å². The molecule has 0 radical (unpaired) electrons. The Morgan fingerprint density at radius 1 is 1.33 bits per heavy atom. The molecule has 0 saturated carbocycles. The zero-order valence-electron chi connectivity index (χ0n) is 14.1. The first-order valence-corrected chi connectivity index (χ1v) is 10.1. The van der Waals surface area contributed by atoms with Gasteiger partial charge in [0.15, 0.2) is 0 Å². The lowest BCUT2D eigenvalue weighted by Gasteiger charge is -2.30. The molecule has 1 N–H and O–H groups in total. The van der Waals surface area contributed by atoms with Crippen molar-refractivity contribution in [3.8, 4) is 0 Å². The van der Waals surface area contributed by atoms with Gasteiger partial charge in [0.2, 0.25) is 10.0 Å². The van der Waals surface area contributed by atoms with Crippen molar-refractivity contribution in [2.75, 3.05) is 39.9 Å². The molecule has 6 nitrogen and oxygen atoms in total. The summed E-state index contributed by atoms with van der Waals surface area (Å²) in [7, 11) is -1.29. The molecule has 1 aromatic carbocycles. The van der Waals surface area contributed by atoms with E-state index in [0.29, 0.717) is 13.2 Å². The van der Waals surface area contributed by atoms with Gasteiger partial charge in [0.05, 0.1) is 25.1 Å². The van der Waals surface area contributed by atoms with E-state index < -0.39 is 10.0 Å². The fraction of sp³-hybridized carbons (Fsp3) is 0.647. The molecule has 2 aliphatic rings. The van der Waals surface area contributed by atoms with Crippen LogP contribution in [-0.4, -0.2) is 64.9 Å². The Morgan fingerprint density at radius 2 is 2.12 bits per heavy atom. The van der Waals surface area contributed by atoms with Crippen LogP contribution in [-0.2, 0) is 25.2 Å². The summed E-state index contributed by atoms with van der Waals surface area (Å²) in [5, 5.41) is 0. The van der Waals surface area contributed by atoms with Gasteiger partial charge in [0, 0.05) is 19.6 Å². The summed E-state index contributed by atoms with van der Waals surface area (Å²) in [4.78, 5) is 2.22. The number of sulfonamides is 1. The topological polar surface area (TPSA) is 67.9 Å². The van der Waals surface area contributed by atoms with Gasteiger partial charge < -0.3 is 14.4 Å². The molecule has 1 spiro atoms. The fourth-order valence-corrected chi connectivity index (χ4v) is 4.59. The van der Waals surface area contributed by atoms with E-state index in [0.717, 1.165) is 38.1 Å². The van der Waals surface area contributed by atoms with E-state index >= 15 is 0 Å². The van der Waals surface area contributed by atoms with Crippen molar-refractivity contribution in [1.82, 2.24) is 9.62 Å². The maximum atomic E-state index is 12.2. The van der Waals surface area contributed by atoms with E-state index in [1.807, 2.05) is 30.3 Å². The van der Waals surface area contributed by atoms with E-state index in [9.17, 15) is 8.42 Å². The summed E-state index contributed by atoms with van der Waals surface area (Å²) in [6.45, 7) is 3.36. The predicted octanol–water partition coefficient (Wildman–Crippen LogP) is 0.986. The second-order valence-corrected chi connectivity index (χ2v) is 8.65. The van der Waals surface area contributed by atoms with Crippen molar-refractivity contribution < 1.29 is 17.9 Å². The molecular formula is C17H26N2O4S. The van der Waals surface area contributed by atoms with Crippen molar-refractivity contribution >= 4 is 10.0 Å². The molecule has 24 heavy (non-hydrogen) atoms. The summed E-state index contributed by atoms with van der Waals surface area (Å²) in [6.07, 6.45) is 1.67. The third kappa shape index (κ3) is 4.77. The van der Waals surface area contributed by atoms with Crippen molar-refractivity contribution in [2.45, 2.75) is 30.3 Å². The lowest BCUT2D eigenvalue weighted by Crippen LogP contribution is -2.44. The highest BCUT2D eigenvalue weighted by Crippen LogP contribution is 2.32. The lowest BCUT2D eigenvalue weighted by molar-refractivity contribution is -0.0824. The van der Waals surface area contributed by atoms with Crippen LogP contribution in [0.25, 0.3) is 0 Å². The van der Waals surface area contributed by atoms with Crippen molar-refractivity contribution in [3.63, 3.8) is 0 Å². The highest BCUT2D eigenvalue weighted by atomic mass is 32.2. The number of likely N-dealkylation sites (N-methyl/N-ethyl adjacent to an activating group) is 1. The molecule has 0 unspecified atom stereocenters. The quantitative estimate of drug-likeness (QED) is 0.854. The molecule has 2 atom stereocenters. The standard InChI is InChI=1S/C17H26N2O4S/c1-19-9-10-22-14-17(13-19)8-7-16(23-17)11-18-24(20,21)12-15-5-3-2-4-6-15/h2-6,16,18H,7-14H2,1H3/t16-,17+/m0/s1. The van der Waals surface area contributed by atoms with Crippen LogP contribution in [0.5, 0.6) is 0 Å². The summed E-state index contributed by atoms with van der Waals surface area (Å²) < 4.78 is 39.0. The molecule has 2 heterocycles. The van der Waals surface area contributed by atoms with Crippen LogP contribution in [0, 0.1) is 0 Å². The third-order valence-electron chi connectivity index (χ3n) is 4.61. The van der Waals surface area contributed by atoms with E-state index in [2.05, 4.69) is 16.7 Å². The number of hydrogen-bond donors (Lipinski definition) is 1. The Kier molecular flexibility index (Phi) is 5.56. The van der Waals surface area contributed by atoms with E-state index in [-0.39, 0.29) is 17.5 Å². The van der Waals surface area contributed by atoms with Gasteiger partial charge in [-0.05, 0) is 25.5 Å². The van der Waals surface area contributed by atoms with Gasteiger partial charge in [-0.2, -0.15) is 0 Å². The van der Waals surface area contributed by atoms with E-state index in [1.54, 1.807) is 0 Å². The van der Waals surface area contributed by atoms with Gasteiger partial charge in [-0.1, -0.05) is 30.3 Å². The molecule has 0 aliphatic carbocycles. The summed E-state index contributed by atoms with van der Waals surface area (Å²) in [6, 6.07) is 9.20. The highest BCUT2D eigenvalue weighted by Gasteiger charge is 2.42. The van der Waals surface area contributed by atoms with Gasteiger partial charge in [-0.15, -0.1) is 0 Å². The number of rotatable bonds is 5. The molecule has 134 valence electrons. The van der Waals surface area contributed by atoms with Gasteiger partial charge in [0.25, 0.3) is 0 Å². The van der Waals surface area contributed by atoms with Gasteiger partial charge >= 0.3 is 0 Å². The first-order valence-electron chi connectivity index (χ1n) is 8.42. The van der Waals surface area contributed by atoms with Gasteiger partial charge in [-0.3, -0.25) is 0 Å². The molecule has 2 saturated heterocycles. The minimum Gasteiger partial charge on any atom is -0.377 e. The third-order valence-corrected chi connectivity index (χ3v) is 5.93. The van der Waals surface area contributed by atoms with Crippen LogP contribution in [0.1, 0.15) is 18.4 Å². The Bertz CT molecular complexity index is 637. The minimum absolute atomic E-state index is 0.00243. The van der Waals surface area contributed by atoms with Crippen LogP contribution in [0.3, 0.4) is 0 Å². The van der Waals surface area contributed by atoms with Crippen LogP contribution in [0.2, 0.25) is 0 Å². The molecular weight excluding hydrogens is 328 g/mol. The largest absolute Gasteiger partial charge is 0.377 e. The molecule has 3 rings (SSSR count). The molecule has 2 fully saturated rings. The van der Waals surface area contributed by atoms with Crippen molar-refractivity contribution in [2.24, 2.45) is 0 Å². The summed E-state index contributed by atoms with van der Waals surface area (Å²) in [5.41, 5.74) is 0.494. The first kappa shape index (κ1) is 17.8. The summed E-state index contributed by atoms with van der Waals surface area (Å²) >= 11 is 0. The average molecular weight is 354 g/mol. The molecule has 7 heteroatoms. The second-order valence-electron chi connectivity index (χ2n) is 6.85. The average Bonchev–Trinajstić information content (AvgIpc) is 2.84. The molecule has 2 aliphatic heterocycles. The van der Waals surface area contributed by atoms with Crippen molar-refractivity contribution in [3.05, 3.63) is 35.9 Å². The van der Waals surface area contributed by atoms with E-state index in [4.69, 9.17) is 9.47 Å². The van der Waals surface area contributed by atoms with Gasteiger partial charge in [-0.25, -0.2) is 13.1 Å². The normalized spacial score (nSPS) is 29.0. The second kappa shape index (κ2) is 7.49. The predicted molar refractivity (Wildman–Crippen MR) is 92.2 cm³/mol. The fourth-order valence-electron chi connectivity index (χ4n) is 3.42. The highest BCUT2D eigenvalue weighted by molar-refractivity contribution is 7.88. The number of benzene rings is 1. The molecule has 0 aromatic heterocycles. The van der Waals surface area contributed by atoms with Crippen LogP contribution in [0.15, 0.2) is 30.3 Å². The molecule has 0 bridgehead atoms. The Morgan fingerprint density at radius 3 is 2.92 bits per heavy atom. The number of ether oxygens (including phenoxy) is 2. The minimum atomic E-state index is -3.35. The zero-order chi connectivity index (χ0) is 17.0. The van der Waals surface area contributed by atoms with Crippen LogP contribution in [0.4, 0.5) is 0 Å². The van der Waals surface area contributed by atoms with Crippen LogP contribution < -0.4 is 4.72 Å². The zero-order valence-corrected chi connectivity index (χ0v) is 14.9. The summed E-state index contributed by atoms with van der Waals surface area (Å²) in [5.74, 6) is -0.00243. The monoisotopic (exact) mass is 354 g/mol. The lowest BCUT2D eigenvalue weighted by atomic mass is 10.0. The molecule has 0 amide bonds. The maximum absolute atomic E-state index is 12.2. The first-order chi connectivity index (χ1) is 11.5. The SMILES string of the molecule is CN1CCOC[C@@]2(CC[C@@H](CNS(=O)(=O)Cc3ccccc3)O2)C1. The Balaban J connectivity index is 1.52. The maximum Gasteiger partial charge on any atom is 0.215 e. The van der Waals surface area contributed by atoms with Crippen molar-refractivity contribution in [1.29, 1.82) is 0 Å².